The van der Waals surface area contributed by atoms with Crippen molar-refractivity contribution in [3.63, 3.8) is 0 Å². The Morgan fingerprint density at radius 3 is 2.68 bits per heavy atom. The van der Waals surface area contributed by atoms with Gasteiger partial charge in [-0.1, -0.05) is 23.2 Å². The van der Waals surface area contributed by atoms with Gasteiger partial charge in [0.2, 0.25) is 0 Å². The van der Waals surface area contributed by atoms with Gasteiger partial charge >= 0.3 is 0 Å². The van der Waals surface area contributed by atoms with E-state index in [-0.39, 0.29) is 27.4 Å². The molecule has 0 aliphatic rings. The molecule has 1 aromatic heterocycles. The Bertz CT molecular complexity index is 622. The maximum atomic E-state index is 13.7. The van der Waals surface area contributed by atoms with Crippen molar-refractivity contribution >= 4 is 40.5 Å². The Kier molecular flexibility index (Phi) is 3.97. The second-order valence-electron chi connectivity index (χ2n) is 3.66. The van der Waals surface area contributed by atoms with Crippen molar-refractivity contribution in [1.29, 1.82) is 0 Å². The van der Waals surface area contributed by atoms with Crippen LogP contribution in [0.3, 0.4) is 0 Å². The summed E-state index contributed by atoms with van der Waals surface area (Å²) in [7, 11) is 1.49. The van der Waals surface area contributed by atoms with Crippen LogP contribution >= 0.6 is 23.2 Å². The highest BCUT2D eigenvalue weighted by atomic mass is 35.5. The number of hydrogen-bond donors (Lipinski definition) is 2. The van der Waals surface area contributed by atoms with Gasteiger partial charge in [-0.3, -0.25) is 0 Å². The number of nitrogens with one attached hydrogen (secondary N) is 1. The topological polar surface area (TPSA) is 60.2 Å². The summed E-state index contributed by atoms with van der Waals surface area (Å²) in [4.78, 5) is 3.96. The van der Waals surface area contributed by atoms with E-state index in [4.69, 9.17) is 33.7 Å². The average molecular weight is 302 g/mol. The molecule has 3 N–H and O–H groups in total. The summed E-state index contributed by atoms with van der Waals surface area (Å²) in [5, 5.41) is 3.22. The van der Waals surface area contributed by atoms with Crippen molar-refractivity contribution in [3.8, 4) is 5.75 Å². The van der Waals surface area contributed by atoms with E-state index in [2.05, 4.69) is 10.3 Å². The molecule has 0 saturated carbocycles. The molecule has 0 aliphatic heterocycles. The van der Waals surface area contributed by atoms with Gasteiger partial charge in [-0.15, -0.1) is 0 Å². The monoisotopic (exact) mass is 301 g/mol. The predicted molar refractivity (Wildman–Crippen MR) is 74.9 cm³/mol. The lowest BCUT2D eigenvalue weighted by molar-refractivity contribution is 0.414. The summed E-state index contributed by atoms with van der Waals surface area (Å²) in [5.74, 6) is 0.363. The minimum absolute atomic E-state index is 0.108. The first-order valence-electron chi connectivity index (χ1n) is 5.23. The van der Waals surface area contributed by atoms with Crippen LogP contribution in [0.25, 0.3) is 0 Å². The van der Waals surface area contributed by atoms with Crippen LogP contribution in [0.4, 0.5) is 21.7 Å². The van der Waals surface area contributed by atoms with Gasteiger partial charge in [0.1, 0.15) is 17.4 Å². The lowest BCUT2D eigenvalue weighted by atomic mass is 10.3. The number of nitrogen functional groups attached to an aromatic ring is 1. The van der Waals surface area contributed by atoms with Crippen molar-refractivity contribution in [3.05, 3.63) is 40.1 Å². The zero-order valence-electron chi connectivity index (χ0n) is 9.88. The summed E-state index contributed by atoms with van der Waals surface area (Å²) in [6.45, 7) is 0. The molecule has 0 amide bonds. The van der Waals surface area contributed by atoms with Gasteiger partial charge < -0.3 is 15.8 Å². The lowest BCUT2D eigenvalue weighted by Crippen LogP contribution is -2.01. The second-order valence-corrected chi connectivity index (χ2v) is 4.47. The summed E-state index contributed by atoms with van der Waals surface area (Å²) in [6, 6.07) is 5.70. The number of benzene rings is 1. The van der Waals surface area contributed by atoms with E-state index in [0.717, 1.165) is 0 Å². The molecule has 0 saturated heterocycles. The first-order valence-corrected chi connectivity index (χ1v) is 5.99. The number of hydrogen-bond acceptors (Lipinski definition) is 4. The molecule has 1 aromatic carbocycles. The van der Waals surface area contributed by atoms with Crippen molar-refractivity contribution < 1.29 is 9.13 Å². The van der Waals surface area contributed by atoms with Gasteiger partial charge in [-0.2, -0.15) is 0 Å². The van der Waals surface area contributed by atoms with Crippen LogP contribution < -0.4 is 15.8 Å². The first kappa shape index (κ1) is 13.7. The van der Waals surface area contributed by atoms with Crippen LogP contribution in [0.2, 0.25) is 10.0 Å². The van der Waals surface area contributed by atoms with E-state index >= 15 is 0 Å². The first-order chi connectivity index (χ1) is 9.01. The maximum Gasteiger partial charge on any atom is 0.151 e. The highest BCUT2D eigenvalue weighted by Gasteiger charge is 2.10. The molecule has 2 rings (SSSR count). The van der Waals surface area contributed by atoms with Gasteiger partial charge in [-0.05, 0) is 18.2 Å². The normalized spacial score (nSPS) is 10.3. The molecule has 0 bridgehead atoms. The van der Waals surface area contributed by atoms with Crippen LogP contribution in [0.1, 0.15) is 0 Å². The molecule has 0 atom stereocenters. The number of anilines is 3. The molecule has 2 aromatic rings. The van der Waals surface area contributed by atoms with E-state index in [9.17, 15) is 4.39 Å². The lowest BCUT2D eigenvalue weighted by Gasteiger charge is -2.11. The number of halogens is 3. The summed E-state index contributed by atoms with van der Waals surface area (Å²) >= 11 is 11.7. The summed E-state index contributed by atoms with van der Waals surface area (Å²) in [5.41, 5.74) is 5.75. The van der Waals surface area contributed by atoms with Gasteiger partial charge in [0.25, 0.3) is 0 Å². The molecule has 0 aliphatic carbocycles. The molecule has 0 unspecified atom stereocenters. The highest BCUT2D eigenvalue weighted by Crippen LogP contribution is 2.31. The number of rotatable bonds is 3. The zero-order chi connectivity index (χ0) is 14.0. The van der Waals surface area contributed by atoms with Gasteiger partial charge in [0.05, 0.1) is 22.8 Å². The van der Waals surface area contributed by atoms with Crippen LogP contribution in [0.15, 0.2) is 24.3 Å². The molecular formula is C12H10Cl2FN3O. The van der Waals surface area contributed by atoms with Crippen molar-refractivity contribution in [2.75, 3.05) is 18.2 Å². The van der Waals surface area contributed by atoms with Gasteiger partial charge in [0, 0.05) is 6.07 Å². The number of nitrogens with zero attached hydrogens (tertiary/aromatic N) is 1. The fourth-order valence-corrected chi connectivity index (χ4v) is 1.83. The Morgan fingerprint density at radius 1 is 1.26 bits per heavy atom. The maximum absolute atomic E-state index is 13.7. The van der Waals surface area contributed by atoms with Crippen LogP contribution in [0.5, 0.6) is 5.75 Å². The third-order valence-electron chi connectivity index (χ3n) is 2.38. The van der Waals surface area contributed by atoms with E-state index in [1.54, 1.807) is 0 Å². The van der Waals surface area contributed by atoms with E-state index in [1.807, 2.05) is 0 Å². The standard InChI is InChI=1S/C12H10Cl2FN3O/c1-19-6-2-3-9(15)10(4-6)17-12-8(14)5-7(13)11(16)18-12/h2-5H,1H3,(H3,16,17,18). The number of ether oxygens (including phenoxy) is 1. The van der Waals surface area contributed by atoms with Crippen molar-refractivity contribution in [2.24, 2.45) is 0 Å². The number of methoxy groups -OCH3 is 1. The Balaban J connectivity index is 2.38. The highest BCUT2D eigenvalue weighted by molar-refractivity contribution is 6.37. The Hall–Kier alpha value is -1.72. The summed E-state index contributed by atoms with van der Waals surface area (Å²) < 4.78 is 18.7. The van der Waals surface area contributed by atoms with Gasteiger partial charge in [0.15, 0.2) is 5.82 Å². The molecule has 100 valence electrons. The van der Waals surface area contributed by atoms with Crippen molar-refractivity contribution in [2.45, 2.75) is 0 Å². The van der Waals surface area contributed by atoms with Crippen LogP contribution in [-0.2, 0) is 0 Å². The third-order valence-corrected chi connectivity index (χ3v) is 2.97. The fourth-order valence-electron chi connectivity index (χ4n) is 1.42. The van der Waals surface area contributed by atoms with Crippen LogP contribution in [0, 0.1) is 5.82 Å². The minimum Gasteiger partial charge on any atom is -0.497 e. The van der Waals surface area contributed by atoms with E-state index < -0.39 is 5.82 Å². The van der Waals surface area contributed by atoms with Crippen LogP contribution in [-0.4, -0.2) is 12.1 Å². The smallest absolute Gasteiger partial charge is 0.151 e. The molecule has 7 heteroatoms. The Labute approximate surface area is 119 Å². The van der Waals surface area contributed by atoms with Crippen molar-refractivity contribution in [1.82, 2.24) is 4.98 Å². The molecule has 1 heterocycles. The second kappa shape index (κ2) is 5.50. The SMILES string of the molecule is COc1ccc(F)c(Nc2nc(N)c(Cl)cc2Cl)c1. The number of aromatic nitrogens is 1. The third kappa shape index (κ3) is 3.00. The van der Waals surface area contributed by atoms with E-state index in [0.29, 0.717) is 5.75 Å². The Morgan fingerprint density at radius 2 is 2.00 bits per heavy atom. The molecule has 0 spiro atoms. The predicted octanol–water partition coefficient (Wildman–Crippen LogP) is 3.86. The van der Waals surface area contributed by atoms with Gasteiger partial charge in [-0.25, -0.2) is 9.37 Å². The molecule has 4 nitrogen and oxygen atoms in total. The number of pyridine rings is 1. The largest absolute Gasteiger partial charge is 0.497 e. The fraction of sp³-hybridized carbons (Fsp3) is 0.0833. The molecular weight excluding hydrogens is 292 g/mol. The molecule has 0 radical (unpaired) electrons. The zero-order valence-corrected chi connectivity index (χ0v) is 11.4. The number of nitrogens with two attached hydrogens (primary N) is 1. The summed E-state index contributed by atoms with van der Waals surface area (Å²) in [6.07, 6.45) is 0. The van der Waals surface area contributed by atoms with E-state index in [1.165, 1.54) is 31.4 Å². The quantitative estimate of drug-likeness (QED) is 0.903. The molecule has 19 heavy (non-hydrogen) atoms. The average Bonchev–Trinajstić information content (AvgIpc) is 2.38. The minimum atomic E-state index is -0.466. The molecule has 0 fully saturated rings.